The molecule has 1 amide bonds. The Morgan fingerprint density at radius 2 is 1.80 bits per heavy atom. The lowest BCUT2D eigenvalue weighted by molar-refractivity contribution is -0.113. The molecule has 156 valence electrons. The maximum absolute atomic E-state index is 12.4. The van der Waals surface area contributed by atoms with Crippen molar-refractivity contribution in [3.05, 3.63) is 42.0 Å². The van der Waals surface area contributed by atoms with Gasteiger partial charge in [-0.05, 0) is 36.8 Å². The van der Waals surface area contributed by atoms with Gasteiger partial charge in [0, 0.05) is 23.2 Å². The van der Waals surface area contributed by atoms with Gasteiger partial charge in [-0.3, -0.25) is 4.79 Å². The fraction of sp³-hybridized carbons (Fsp3) is 0.273. The predicted molar refractivity (Wildman–Crippen MR) is 116 cm³/mol. The summed E-state index contributed by atoms with van der Waals surface area (Å²) in [5.41, 5.74) is 2.45. The number of pyridine rings is 1. The molecule has 8 heteroatoms. The number of ether oxygens (including phenoxy) is 4. The first-order chi connectivity index (χ1) is 14.6. The number of amides is 1. The quantitative estimate of drug-likeness (QED) is 0.596. The normalized spacial score (nSPS) is 12.5. The van der Waals surface area contributed by atoms with Crippen LogP contribution in [-0.2, 0) is 4.79 Å². The number of nitrogens with one attached hydrogen (secondary N) is 1. The molecule has 0 bridgehead atoms. The predicted octanol–water partition coefficient (Wildman–Crippen LogP) is 4.06. The smallest absolute Gasteiger partial charge is 0.234 e. The van der Waals surface area contributed by atoms with Crippen LogP contribution in [0.15, 0.2) is 41.4 Å². The molecular weight excluding hydrogens is 404 g/mol. The molecular formula is C22H22N2O5S. The Labute approximate surface area is 178 Å². The summed E-state index contributed by atoms with van der Waals surface area (Å²) in [6.07, 6.45) is 0. The fourth-order valence-electron chi connectivity index (χ4n) is 3.19. The molecule has 0 aliphatic carbocycles. The maximum atomic E-state index is 12.4. The molecule has 1 aromatic heterocycles. The van der Waals surface area contributed by atoms with Crippen LogP contribution in [0, 0.1) is 6.92 Å². The van der Waals surface area contributed by atoms with Crippen molar-refractivity contribution in [2.24, 2.45) is 0 Å². The maximum Gasteiger partial charge on any atom is 0.234 e. The second-order valence-electron chi connectivity index (χ2n) is 6.71. The van der Waals surface area contributed by atoms with Crippen LogP contribution in [0.25, 0.3) is 10.9 Å². The molecule has 7 nitrogen and oxygen atoms in total. The third-order valence-electron chi connectivity index (χ3n) is 4.63. The van der Waals surface area contributed by atoms with E-state index < -0.39 is 0 Å². The summed E-state index contributed by atoms with van der Waals surface area (Å²) in [7, 11) is 3.20. The van der Waals surface area contributed by atoms with Crippen LogP contribution in [0.1, 0.15) is 5.56 Å². The third-order valence-corrected chi connectivity index (χ3v) is 5.72. The Morgan fingerprint density at radius 3 is 2.57 bits per heavy atom. The van der Waals surface area contributed by atoms with E-state index in [2.05, 4.69) is 5.32 Å². The number of carbonyl (C=O) groups excluding carboxylic acids is 1. The van der Waals surface area contributed by atoms with Crippen molar-refractivity contribution in [3.63, 3.8) is 0 Å². The second kappa shape index (κ2) is 8.71. The number of fused-ring (bicyclic) bond motifs is 2. The molecule has 0 spiro atoms. The molecule has 1 aliphatic rings. The van der Waals surface area contributed by atoms with Crippen LogP contribution in [0.3, 0.4) is 0 Å². The Morgan fingerprint density at radius 1 is 1.07 bits per heavy atom. The highest BCUT2D eigenvalue weighted by Crippen LogP contribution is 2.34. The van der Waals surface area contributed by atoms with Gasteiger partial charge in [-0.15, -0.1) is 0 Å². The van der Waals surface area contributed by atoms with Crippen molar-refractivity contribution in [1.29, 1.82) is 0 Å². The second-order valence-corrected chi connectivity index (χ2v) is 7.67. The largest absolute Gasteiger partial charge is 0.493 e. The van der Waals surface area contributed by atoms with E-state index in [1.54, 1.807) is 32.4 Å². The van der Waals surface area contributed by atoms with Crippen molar-refractivity contribution < 1.29 is 23.7 Å². The zero-order chi connectivity index (χ0) is 21.1. The van der Waals surface area contributed by atoms with Crippen molar-refractivity contribution in [3.8, 4) is 23.0 Å². The van der Waals surface area contributed by atoms with Crippen LogP contribution in [0.4, 0.5) is 5.69 Å². The minimum atomic E-state index is -0.120. The number of aryl methyl sites for hydroxylation is 1. The van der Waals surface area contributed by atoms with Crippen LogP contribution in [-0.4, -0.2) is 44.1 Å². The average Bonchev–Trinajstić information content (AvgIpc) is 2.76. The van der Waals surface area contributed by atoms with Crippen LogP contribution >= 0.6 is 11.8 Å². The van der Waals surface area contributed by atoms with Gasteiger partial charge < -0.3 is 24.3 Å². The Hall–Kier alpha value is -3.13. The average molecular weight is 426 g/mol. The van der Waals surface area contributed by atoms with Gasteiger partial charge in [0.1, 0.15) is 18.2 Å². The van der Waals surface area contributed by atoms with Crippen molar-refractivity contribution in [2.45, 2.75) is 11.9 Å². The topological polar surface area (TPSA) is 78.9 Å². The van der Waals surface area contributed by atoms with E-state index in [4.69, 9.17) is 23.9 Å². The lowest BCUT2D eigenvalue weighted by Gasteiger charge is -2.19. The summed E-state index contributed by atoms with van der Waals surface area (Å²) in [5.74, 6) is 2.73. The first kappa shape index (κ1) is 20.2. The van der Waals surface area contributed by atoms with Gasteiger partial charge in [-0.1, -0.05) is 11.8 Å². The SMILES string of the molecule is COc1cc2cc(C)c(SCC(=O)Nc3ccc4c(c3)OCCO4)nc2cc1OC. The highest BCUT2D eigenvalue weighted by atomic mass is 32.2. The minimum absolute atomic E-state index is 0.120. The summed E-state index contributed by atoms with van der Waals surface area (Å²) in [4.78, 5) is 17.2. The Bertz CT molecular complexity index is 1100. The molecule has 4 rings (SSSR count). The number of anilines is 1. The molecule has 1 aliphatic heterocycles. The summed E-state index contributed by atoms with van der Waals surface area (Å²) >= 11 is 1.39. The van der Waals surface area contributed by atoms with E-state index in [1.807, 2.05) is 25.1 Å². The lowest BCUT2D eigenvalue weighted by Crippen LogP contribution is -2.17. The van der Waals surface area contributed by atoms with E-state index in [0.29, 0.717) is 41.9 Å². The van der Waals surface area contributed by atoms with E-state index >= 15 is 0 Å². The standard InChI is InChI=1S/C22H22N2O5S/c1-13-8-14-9-18(26-2)19(27-3)11-16(14)24-22(13)30-12-21(25)23-15-4-5-17-20(10-15)29-7-6-28-17/h4-5,8-11H,6-7,12H2,1-3H3,(H,23,25). The number of hydrogen-bond acceptors (Lipinski definition) is 7. The van der Waals surface area contributed by atoms with Gasteiger partial charge in [-0.25, -0.2) is 4.98 Å². The monoisotopic (exact) mass is 426 g/mol. The molecule has 30 heavy (non-hydrogen) atoms. The molecule has 0 saturated heterocycles. The molecule has 2 aromatic carbocycles. The number of rotatable bonds is 6. The zero-order valence-corrected chi connectivity index (χ0v) is 17.8. The summed E-state index contributed by atoms with van der Waals surface area (Å²) in [6.45, 7) is 3.01. The molecule has 0 unspecified atom stereocenters. The van der Waals surface area contributed by atoms with Gasteiger partial charge in [0.15, 0.2) is 23.0 Å². The van der Waals surface area contributed by atoms with Gasteiger partial charge in [0.05, 0.1) is 25.5 Å². The van der Waals surface area contributed by atoms with Crippen LogP contribution in [0.5, 0.6) is 23.0 Å². The first-order valence-electron chi connectivity index (χ1n) is 9.43. The van der Waals surface area contributed by atoms with Crippen molar-refractivity contribution in [1.82, 2.24) is 4.98 Å². The molecule has 0 radical (unpaired) electrons. The first-order valence-corrected chi connectivity index (χ1v) is 10.4. The van der Waals surface area contributed by atoms with Gasteiger partial charge in [-0.2, -0.15) is 0 Å². The molecule has 0 atom stereocenters. The molecule has 1 N–H and O–H groups in total. The molecule has 0 fully saturated rings. The minimum Gasteiger partial charge on any atom is -0.493 e. The number of thioether (sulfide) groups is 1. The van der Waals surface area contributed by atoms with Gasteiger partial charge in [0.2, 0.25) is 5.91 Å². The summed E-state index contributed by atoms with van der Waals surface area (Å²) < 4.78 is 21.8. The summed E-state index contributed by atoms with van der Waals surface area (Å²) in [6, 6.07) is 11.1. The molecule has 2 heterocycles. The molecule has 0 saturated carbocycles. The van der Waals surface area contributed by atoms with Crippen molar-refractivity contribution >= 4 is 34.3 Å². The van der Waals surface area contributed by atoms with Crippen molar-refractivity contribution in [2.75, 3.05) is 38.5 Å². The van der Waals surface area contributed by atoms with E-state index in [9.17, 15) is 4.79 Å². The van der Waals surface area contributed by atoms with Gasteiger partial charge in [0.25, 0.3) is 0 Å². The number of methoxy groups -OCH3 is 2. The van der Waals surface area contributed by atoms with Crippen LogP contribution in [0.2, 0.25) is 0 Å². The van der Waals surface area contributed by atoms with Gasteiger partial charge >= 0.3 is 0 Å². The highest BCUT2D eigenvalue weighted by Gasteiger charge is 2.14. The Kier molecular flexibility index (Phi) is 5.85. The zero-order valence-electron chi connectivity index (χ0n) is 17.0. The Balaban J connectivity index is 1.46. The van der Waals surface area contributed by atoms with E-state index in [-0.39, 0.29) is 11.7 Å². The highest BCUT2D eigenvalue weighted by molar-refractivity contribution is 8.00. The fourth-order valence-corrected chi connectivity index (χ4v) is 3.98. The molecule has 3 aromatic rings. The number of hydrogen-bond donors (Lipinski definition) is 1. The summed E-state index contributed by atoms with van der Waals surface area (Å²) in [5, 5.41) is 4.64. The third kappa shape index (κ3) is 4.23. The number of aromatic nitrogens is 1. The van der Waals surface area contributed by atoms with Crippen LogP contribution < -0.4 is 24.3 Å². The number of carbonyl (C=O) groups is 1. The van der Waals surface area contributed by atoms with E-state index in [0.717, 1.165) is 21.5 Å². The number of benzene rings is 2. The number of nitrogens with zero attached hydrogens (tertiary/aromatic N) is 1. The lowest BCUT2D eigenvalue weighted by atomic mass is 10.1. The van der Waals surface area contributed by atoms with E-state index in [1.165, 1.54) is 11.8 Å².